The quantitative estimate of drug-likeness (QED) is 0.784. The second-order valence-electron chi connectivity index (χ2n) is 3.76. The molecule has 2 N–H and O–H groups in total. The fourth-order valence-corrected chi connectivity index (χ4v) is 2.41. The number of nitrogens with one attached hydrogen (secondary N) is 1. The van der Waals surface area contributed by atoms with Crippen LogP contribution >= 0.6 is 0 Å². The van der Waals surface area contributed by atoms with E-state index >= 15 is 0 Å². The molecule has 2 atom stereocenters. The van der Waals surface area contributed by atoms with E-state index in [1.807, 2.05) is 0 Å². The van der Waals surface area contributed by atoms with Gasteiger partial charge in [-0.25, -0.2) is 13.1 Å². The monoisotopic (exact) mass is 244 g/mol. The van der Waals surface area contributed by atoms with E-state index in [-0.39, 0.29) is 23.5 Å². The maximum absolute atomic E-state index is 11.8. The lowest BCUT2D eigenvalue weighted by Crippen LogP contribution is -2.38. The van der Waals surface area contributed by atoms with E-state index in [1.54, 1.807) is 19.9 Å². The zero-order valence-corrected chi connectivity index (χ0v) is 10.1. The van der Waals surface area contributed by atoms with Crippen molar-refractivity contribution in [3.63, 3.8) is 0 Å². The van der Waals surface area contributed by atoms with Gasteiger partial charge in [-0.15, -0.1) is 0 Å². The Bertz CT molecular complexity index is 419. The zero-order chi connectivity index (χ0) is 12.2. The number of hydrogen-bond donors (Lipinski definition) is 2. The van der Waals surface area contributed by atoms with Crippen molar-refractivity contribution in [1.29, 1.82) is 0 Å². The average molecular weight is 244 g/mol. The van der Waals surface area contributed by atoms with Crippen LogP contribution in [-0.2, 0) is 10.0 Å². The normalized spacial score (nSPS) is 15.7. The van der Waals surface area contributed by atoms with Crippen LogP contribution in [0.2, 0.25) is 0 Å². The maximum atomic E-state index is 11.8. The van der Waals surface area contributed by atoms with Crippen molar-refractivity contribution in [2.24, 2.45) is 5.92 Å². The highest BCUT2D eigenvalue weighted by molar-refractivity contribution is 7.89. The second-order valence-corrected chi connectivity index (χ2v) is 5.47. The number of pyridine rings is 1. The van der Waals surface area contributed by atoms with E-state index in [1.165, 1.54) is 18.5 Å². The maximum Gasteiger partial charge on any atom is 0.242 e. The van der Waals surface area contributed by atoms with Crippen LogP contribution in [0, 0.1) is 5.92 Å². The standard InChI is InChI=1S/C10H16N2O3S/c1-8(7-13)9(2)12-16(14,15)10-4-3-5-11-6-10/h3-6,8-9,12-13H,7H2,1-2H3. The van der Waals surface area contributed by atoms with Crippen LogP contribution in [-0.4, -0.2) is 31.2 Å². The van der Waals surface area contributed by atoms with Gasteiger partial charge in [0.2, 0.25) is 10.0 Å². The molecular weight excluding hydrogens is 228 g/mol. The molecule has 0 fully saturated rings. The molecule has 5 nitrogen and oxygen atoms in total. The van der Waals surface area contributed by atoms with E-state index in [9.17, 15) is 8.42 Å². The molecule has 0 aliphatic heterocycles. The average Bonchev–Trinajstić information content (AvgIpc) is 2.28. The lowest BCUT2D eigenvalue weighted by Gasteiger charge is -2.18. The zero-order valence-electron chi connectivity index (χ0n) is 9.29. The third-order valence-corrected chi connectivity index (χ3v) is 3.97. The highest BCUT2D eigenvalue weighted by Gasteiger charge is 2.20. The van der Waals surface area contributed by atoms with Crippen molar-refractivity contribution in [2.75, 3.05) is 6.61 Å². The van der Waals surface area contributed by atoms with Crippen molar-refractivity contribution in [3.8, 4) is 0 Å². The van der Waals surface area contributed by atoms with Crippen LogP contribution in [0.25, 0.3) is 0 Å². The molecule has 1 aromatic heterocycles. The minimum Gasteiger partial charge on any atom is -0.396 e. The first-order chi connectivity index (χ1) is 7.47. The van der Waals surface area contributed by atoms with Crippen LogP contribution in [0.1, 0.15) is 13.8 Å². The Hall–Kier alpha value is -0.980. The van der Waals surface area contributed by atoms with Crippen molar-refractivity contribution in [3.05, 3.63) is 24.5 Å². The molecule has 0 spiro atoms. The van der Waals surface area contributed by atoms with Crippen molar-refractivity contribution < 1.29 is 13.5 Å². The molecule has 1 heterocycles. The fraction of sp³-hybridized carbons (Fsp3) is 0.500. The Morgan fingerprint density at radius 3 is 2.69 bits per heavy atom. The van der Waals surface area contributed by atoms with Gasteiger partial charge in [-0.1, -0.05) is 6.92 Å². The summed E-state index contributed by atoms with van der Waals surface area (Å²) in [5.74, 6) is -0.133. The Balaban J connectivity index is 2.81. The Kier molecular flexibility index (Phi) is 4.40. The number of aliphatic hydroxyl groups excluding tert-OH is 1. The lowest BCUT2D eigenvalue weighted by atomic mass is 10.1. The number of sulfonamides is 1. The number of rotatable bonds is 5. The van der Waals surface area contributed by atoms with Gasteiger partial charge < -0.3 is 5.11 Å². The van der Waals surface area contributed by atoms with Crippen molar-refractivity contribution >= 4 is 10.0 Å². The summed E-state index contributed by atoms with van der Waals surface area (Å²) in [7, 11) is -3.54. The number of aliphatic hydroxyl groups is 1. The Labute approximate surface area is 95.6 Å². The molecule has 16 heavy (non-hydrogen) atoms. The highest BCUT2D eigenvalue weighted by atomic mass is 32.2. The van der Waals surface area contributed by atoms with Gasteiger partial charge in [0, 0.05) is 25.0 Å². The topological polar surface area (TPSA) is 79.3 Å². The summed E-state index contributed by atoms with van der Waals surface area (Å²) in [6.45, 7) is 3.43. The molecule has 0 aliphatic carbocycles. The van der Waals surface area contributed by atoms with E-state index in [0.29, 0.717) is 0 Å². The van der Waals surface area contributed by atoms with Crippen LogP contribution in [0.4, 0.5) is 0 Å². The molecule has 6 heteroatoms. The highest BCUT2D eigenvalue weighted by Crippen LogP contribution is 2.09. The first-order valence-corrected chi connectivity index (χ1v) is 6.49. The third-order valence-electron chi connectivity index (χ3n) is 2.43. The molecule has 0 amide bonds. The molecule has 0 radical (unpaired) electrons. The summed E-state index contributed by atoms with van der Waals surface area (Å²) < 4.78 is 26.2. The van der Waals surface area contributed by atoms with Crippen LogP contribution in [0.5, 0.6) is 0 Å². The molecule has 0 saturated carbocycles. The smallest absolute Gasteiger partial charge is 0.242 e. The van der Waals surface area contributed by atoms with Crippen LogP contribution in [0.15, 0.2) is 29.4 Å². The first-order valence-electron chi connectivity index (χ1n) is 5.00. The van der Waals surface area contributed by atoms with Crippen molar-refractivity contribution in [1.82, 2.24) is 9.71 Å². The lowest BCUT2D eigenvalue weighted by molar-refractivity contribution is 0.216. The number of nitrogens with zero attached hydrogens (tertiary/aromatic N) is 1. The predicted octanol–water partition coefficient (Wildman–Crippen LogP) is 0.377. The molecule has 0 bridgehead atoms. The van der Waals surface area contributed by atoms with Gasteiger partial charge in [0.15, 0.2) is 0 Å². The Morgan fingerprint density at radius 2 is 2.19 bits per heavy atom. The van der Waals surface area contributed by atoms with Crippen LogP contribution < -0.4 is 4.72 Å². The van der Waals surface area contributed by atoms with Crippen molar-refractivity contribution in [2.45, 2.75) is 24.8 Å². The largest absolute Gasteiger partial charge is 0.396 e. The number of aromatic nitrogens is 1. The summed E-state index contributed by atoms with van der Waals surface area (Å²) in [5, 5.41) is 8.93. The molecule has 0 aromatic carbocycles. The van der Waals surface area contributed by atoms with Crippen LogP contribution in [0.3, 0.4) is 0 Å². The van der Waals surface area contributed by atoms with E-state index in [0.717, 1.165) is 0 Å². The summed E-state index contributed by atoms with van der Waals surface area (Å²) in [6.07, 6.45) is 2.80. The summed E-state index contributed by atoms with van der Waals surface area (Å²) in [4.78, 5) is 3.89. The second kappa shape index (κ2) is 5.38. The molecule has 90 valence electrons. The number of hydrogen-bond acceptors (Lipinski definition) is 4. The summed E-state index contributed by atoms with van der Waals surface area (Å²) in [6, 6.07) is 2.72. The molecule has 1 aromatic rings. The molecule has 0 saturated heterocycles. The Morgan fingerprint density at radius 1 is 1.50 bits per heavy atom. The van der Waals surface area contributed by atoms with Gasteiger partial charge in [0.05, 0.1) is 0 Å². The minimum atomic E-state index is -3.54. The molecule has 0 aliphatic rings. The predicted molar refractivity (Wildman–Crippen MR) is 60.3 cm³/mol. The van der Waals surface area contributed by atoms with Gasteiger partial charge in [-0.2, -0.15) is 0 Å². The molecule has 1 rings (SSSR count). The van der Waals surface area contributed by atoms with Gasteiger partial charge in [-0.05, 0) is 25.0 Å². The first kappa shape index (κ1) is 13.1. The van der Waals surface area contributed by atoms with Gasteiger partial charge in [-0.3, -0.25) is 4.98 Å². The molecular formula is C10H16N2O3S. The molecule has 2 unspecified atom stereocenters. The summed E-state index contributed by atoms with van der Waals surface area (Å²) >= 11 is 0. The van der Waals surface area contributed by atoms with E-state index in [2.05, 4.69) is 9.71 Å². The minimum absolute atomic E-state index is 0.0588. The third kappa shape index (κ3) is 3.26. The van der Waals surface area contributed by atoms with E-state index < -0.39 is 10.0 Å². The fourth-order valence-electron chi connectivity index (χ4n) is 1.09. The SMILES string of the molecule is CC(CO)C(C)NS(=O)(=O)c1cccnc1. The summed E-state index contributed by atoms with van der Waals surface area (Å²) in [5.41, 5.74) is 0. The van der Waals surface area contributed by atoms with Gasteiger partial charge >= 0.3 is 0 Å². The van der Waals surface area contributed by atoms with Gasteiger partial charge in [0.25, 0.3) is 0 Å². The van der Waals surface area contributed by atoms with E-state index in [4.69, 9.17) is 5.11 Å². The van der Waals surface area contributed by atoms with Gasteiger partial charge in [0.1, 0.15) is 4.90 Å².